The van der Waals surface area contributed by atoms with Gasteiger partial charge in [0.25, 0.3) is 0 Å². The number of carbonyl (C=O) groups is 1. The van der Waals surface area contributed by atoms with Crippen molar-refractivity contribution in [1.29, 1.82) is 0 Å². The summed E-state index contributed by atoms with van der Waals surface area (Å²) in [4.78, 5) is 11.8. The van der Waals surface area contributed by atoms with Crippen molar-refractivity contribution in [3.8, 4) is 5.75 Å². The SMILES string of the molecule is COC(=O)c1cccc(N)c1Nc1ccc(OC)c(Cl)c1. The number of carbonyl (C=O) groups excluding carboxylic acids is 1. The molecule has 0 bridgehead atoms. The van der Waals surface area contributed by atoms with Gasteiger partial charge >= 0.3 is 5.97 Å². The van der Waals surface area contributed by atoms with E-state index in [1.54, 1.807) is 43.5 Å². The van der Waals surface area contributed by atoms with E-state index in [4.69, 9.17) is 26.8 Å². The highest BCUT2D eigenvalue weighted by Gasteiger charge is 2.14. The minimum atomic E-state index is -0.468. The highest BCUT2D eigenvalue weighted by atomic mass is 35.5. The summed E-state index contributed by atoms with van der Waals surface area (Å²) < 4.78 is 9.84. The minimum absolute atomic E-state index is 0.351. The molecule has 0 spiro atoms. The predicted molar refractivity (Wildman–Crippen MR) is 83.5 cm³/mol. The van der Waals surface area contributed by atoms with E-state index in [1.165, 1.54) is 7.11 Å². The molecule has 2 rings (SSSR count). The van der Waals surface area contributed by atoms with E-state index in [0.717, 1.165) is 0 Å². The molecule has 0 aliphatic heterocycles. The fourth-order valence-electron chi connectivity index (χ4n) is 1.88. The first-order valence-electron chi connectivity index (χ1n) is 6.14. The zero-order valence-corrected chi connectivity index (χ0v) is 12.4. The molecule has 0 radical (unpaired) electrons. The molecule has 21 heavy (non-hydrogen) atoms. The molecule has 0 aliphatic carbocycles. The van der Waals surface area contributed by atoms with Crippen molar-refractivity contribution in [3.05, 3.63) is 47.0 Å². The van der Waals surface area contributed by atoms with E-state index in [0.29, 0.717) is 33.4 Å². The van der Waals surface area contributed by atoms with Crippen molar-refractivity contribution in [3.63, 3.8) is 0 Å². The molecule has 0 heterocycles. The lowest BCUT2D eigenvalue weighted by Crippen LogP contribution is -2.08. The zero-order valence-electron chi connectivity index (χ0n) is 11.6. The van der Waals surface area contributed by atoms with E-state index in [2.05, 4.69) is 5.32 Å². The van der Waals surface area contributed by atoms with E-state index >= 15 is 0 Å². The summed E-state index contributed by atoms with van der Waals surface area (Å²) in [6.07, 6.45) is 0. The number of para-hydroxylation sites is 1. The van der Waals surface area contributed by atoms with Crippen molar-refractivity contribution in [1.82, 2.24) is 0 Å². The molecular weight excluding hydrogens is 292 g/mol. The highest BCUT2D eigenvalue weighted by Crippen LogP contribution is 2.32. The van der Waals surface area contributed by atoms with Gasteiger partial charge in [-0.05, 0) is 30.3 Å². The largest absolute Gasteiger partial charge is 0.495 e. The fourth-order valence-corrected chi connectivity index (χ4v) is 2.14. The molecule has 6 heteroatoms. The number of ether oxygens (including phenoxy) is 2. The van der Waals surface area contributed by atoms with Crippen LogP contribution in [0.3, 0.4) is 0 Å². The van der Waals surface area contributed by atoms with Crippen molar-refractivity contribution in [2.75, 3.05) is 25.3 Å². The van der Waals surface area contributed by atoms with Crippen LogP contribution in [-0.4, -0.2) is 20.2 Å². The maximum absolute atomic E-state index is 11.8. The Bertz CT molecular complexity index is 674. The van der Waals surface area contributed by atoms with Crippen molar-refractivity contribution >= 4 is 34.6 Å². The van der Waals surface area contributed by atoms with Crippen LogP contribution in [0.25, 0.3) is 0 Å². The summed E-state index contributed by atoms with van der Waals surface area (Å²) in [7, 11) is 2.86. The average Bonchev–Trinajstić information content (AvgIpc) is 2.48. The number of hydrogen-bond acceptors (Lipinski definition) is 5. The molecular formula is C15H15ClN2O3. The van der Waals surface area contributed by atoms with Gasteiger partial charge in [0.1, 0.15) is 5.75 Å². The van der Waals surface area contributed by atoms with Crippen LogP contribution in [0.1, 0.15) is 10.4 Å². The summed E-state index contributed by atoms with van der Waals surface area (Å²) in [6.45, 7) is 0. The fraction of sp³-hybridized carbons (Fsp3) is 0.133. The Hall–Kier alpha value is -2.40. The van der Waals surface area contributed by atoms with Crippen LogP contribution in [0.2, 0.25) is 5.02 Å². The lowest BCUT2D eigenvalue weighted by atomic mass is 10.1. The van der Waals surface area contributed by atoms with Gasteiger partial charge in [-0.25, -0.2) is 4.79 Å². The van der Waals surface area contributed by atoms with Gasteiger partial charge in [-0.3, -0.25) is 0 Å². The van der Waals surface area contributed by atoms with Crippen LogP contribution in [0.5, 0.6) is 5.75 Å². The second-order valence-electron chi connectivity index (χ2n) is 4.24. The third-order valence-electron chi connectivity index (χ3n) is 2.92. The maximum Gasteiger partial charge on any atom is 0.340 e. The summed E-state index contributed by atoms with van der Waals surface area (Å²) in [5, 5.41) is 3.54. The standard InChI is InChI=1S/C15H15ClN2O3/c1-20-13-7-6-9(8-11(13)16)18-14-10(15(19)21-2)4-3-5-12(14)17/h3-8,18H,17H2,1-2H3. The van der Waals surface area contributed by atoms with Gasteiger partial charge in [-0.15, -0.1) is 0 Å². The molecule has 0 aliphatic rings. The lowest BCUT2D eigenvalue weighted by molar-refractivity contribution is 0.0602. The van der Waals surface area contributed by atoms with Gasteiger partial charge in [-0.1, -0.05) is 17.7 Å². The van der Waals surface area contributed by atoms with Crippen LogP contribution in [-0.2, 0) is 4.74 Å². The normalized spacial score (nSPS) is 10.0. The second kappa shape index (κ2) is 6.37. The summed E-state index contributed by atoms with van der Waals surface area (Å²) in [6, 6.07) is 10.2. The Morgan fingerprint density at radius 1 is 1.24 bits per heavy atom. The van der Waals surface area contributed by atoms with Crippen LogP contribution in [0.4, 0.5) is 17.1 Å². The van der Waals surface area contributed by atoms with Gasteiger partial charge in [0.15, 0.2) is 0 Å². The summed E-state index contributed by atoms with van der Waals surface area (Å²) >= 11 is 6.08. The first-order valence-corrected chi connectivity index (χ1v) is 6.52. The number of halogens is 1. The molecule has 0 unspecified atom stereocenters. The molecule has 0 aromatic heterocycles. The van der Waals surface area contributed by atoms with Crippen LogP contribution in [0.15, 0.2) is 36.4 Å². The monoisotopic (exact) mass is 306 g/mol. The smallest absolute Gasteiger partial charge is 0.340 e. The van der Waals surface area contributed by atoms with Crippen LogP contribution < -0.4 is 15.8 Å². The Morgan fingerprint density at radius 2 is 2.00 bits per heavy atom. The van der Waals surface area contributed by atoms with Gasteiger partial charge < -0.3 is 20.5 Å². The van der Waals surface area contributed by atoms with Crippen molar-refractivity contribution in [2.24, 2.45) is 0 Å². The molecule has 5 nitrogen and oxygen atoms in total. The molecule has 2 aromatic rings. The number of methoxy groups -OCH3 is 2. The predicted octanol–water partition coefficient (Wildman–Crippen LogP) is 3.46. The van der Waals surface area contributed by atoms with Crippen LogP contribution in [0, 0.1) is 0 Å². The Labute approximate surface area is 127 Å². The van der Waals surface area contributed by atoms with E-state index in [9.17, 15) is 4.79 Å². The van der Waals surface area contributed by atoms with Gasteiger partial charge in [0, 0.05) is 5.69 Å². The molecule has 2 aromatic carbocycles. The number of anilines is 3. The van der Waals surface area contributed by atoms with E-state index < -0.39 is 5.97 Å². The van der Waals surface area contributed by atoms with Crippen molar-refractivity contribution in [2.45, 2.75) is 0 Å². The third-order valence-corrected chi connectivity index (χ3v) is 3.22. The molecule has 110 valence electrons. The lowest BCUT2D eigenvalue weighted by Gasteiger charge is -2.14. The first kappa shape index (κ1) is 15.0. The number of esters is 1. The zero-order chi connectivity index (χ0) is 15.4. The molecule has 0 saturated carbocycles. The minimum Gasteiger partial charge on any atom is -0.495 e. The Balaban J connectivity index is 2.39. The van der Waals surface area contributed by atoms with Crippen molar-refractivity contribution < 1.29 is 14.3 Å². The molecule has 0 fully saturated rings. The van der Waals surface area contributed by atoms with Crippen LogP contribution >= 0.6 is 11.6 Å². The molecule has 0 amide bonds. The third kappa shape index (κ3) is 3.20. The van der Waals surface area contributed by atoms with E-state index in [1.807, 2.05) is 0 Å². The summed E-state index contributed by atoms with van der Waals surface area (Å²) in [5.41, 5.74) is 7.88. The number of nitrogens with one attached hydrogen (secondary N) is 1. The molecule has 3 N–H and O–H groups in total. The van der Waals surface area contributed by atoms with Gasteiger partial charge in [-0.2, -0.15) is 0 Å². The summed E-state index contributed by atoms with van der Waals surface area (Å²) in [5.74, 6) is 0.0980. The number of nitrogens with two attached hydrogens (primary N) is 1. The Kier molecular flexibility index (Phi) is 4.55. The highest BCUT2D eigenvalue weighted by molar-refractivity contribution is 6.32. The topological polar surface area (TPSA) is 73.6 Å². The number of hydrogen-bond donors (Lipinski definition) is 2. The first-order chi connectivity index (χ1) is 10.1. The average molecular weight is 307 g/mol. The number of rotatable bonds is 4. The van der Waals surface area contributed by atoms with Gasteiger partial charge in [0.05, 0.1) is 36.2 Å². The van der Waals surface area contributed by atoms with E-state index in [-0.39, 0.29) is 0 Å². The van der Waals surface area contributed by atoms with Gasteiger partial charge in [0.2, 0.25) is 0 Å². The molecule has 0 atom stereocenters. The molecule has 0 saturated heterocycles. The number of nitrogen functional groups attached to an aromatic ring is 1. The maximum atomic E-state index is 11.8. The quantitative estimate of drug-likeness (QED) is 0.668. The Morgan fingerprint density at radius 3 is 2.62 bits per heavy atom. The second-order valence-corrected chi connectivity index (χ2v) is 4.64. The number of benzene rings is 2.